The highest BCUT2D eigenvalue weighted by Gasteiger charge is 2.45. The number of aliphatic hydroxyl groups is 1. The van der Waals surface area contributed by atoms with Gasteiger partial charge in [0, 0.05) is 5.41 Å². The van der Waals surface area contributed by atoms with Gasteiger partial charge in [-0.25, -0.2) is 4.98 Å². The number of hydrogen-bond acceptors (Lipinski definition) is 7. The number of fused-ring (bicyclic) bond motifs is 1. The zero-order valence-electron chi connectivity index (χ0n) is 11.5. The number of aliphatic hydroxyl groups excluding tert-OH is 1. The van der Waals surface area contributed by atoms with Crippen LogP contribution in [0.15, 0.2) is 23.6 Å². The molecule has 3 heterocycles. The van der Waals surface area contributed by atoms with Crippen LogP contribution in [0.3, 0.4) is 0 Å². The molecular weight excluding hydrogens is 292 g/mol. The number of anilines is 1. The molecule has 0 saturated carbocycles. The summed E-state index contributed by atoms with van der Waals surface area (Å²) in [4.78, 5) is 20.2. The minimum absolute atomic E-state index is 0.103. The summed E-state index contributed by atoms with van der Waals surface area (Å²) < 4.78 is 7.97. The number of ether oxygens (including phenoxy) is 1. The second-order valence-electron chi connectivity index (χ2n) is 5.36. The summed E-state index contributed by atoms with van der Waals surface area (Å²) in [6.45, 7) is 5.68. The number of aromatic nitrogens is 3. The highest BCUT2D eigenvalue weighted by atomic mass is 32.1. The first-order chi connectivity index (χ1) is 9.98. The fraction of sp³-hybridized carbons (Fsp3) is 0.462. The Labute approximate surface area is 124 Å². The van der Waals surface area contributed by atoms with Gasteiger partial charge in [-0.3, -0.25) is 9.36 Å². The summed E-state index contributed by atoms with van der Waals surface area (Å²) in [5.41, 5.74) is 5.61. The van der Waals surface area contributed by atoms with Crippen LogP contribution in [-0.4, -0.2) is 32.4 Å². The zero-order chi connectivity index (χ0) is 15.2. The highest BCUT2D eigenvalue weighted by Crippen LogP contribution is 2.46. The second kappa shape index (κ2) is 4.90. The van der Waals surface area contributed by atoms with Gasteiger partial charge in [0.2, 0.25) is 5.95 Å². The van der Waals surface area contributed by atoms with Crippen molar-refractivity contribution in [2.45, 2.75) is 25.7 Å². The van der Waals surface area contributed by atoms with Gasteiger partial charge >= 0.3 is 4.87 Å². The van der Waals surface area contributed by atoms with Gasteiger partial charge in [0.1, 0.15) is 6.23 Å². The van der Waals surface area contributed by atoms with Crippen molar-refractivity contribution in [2.75, 3.05) is 12.3 Å². The molecule has 2 aromatic heterocycles. The van der Waals surface area contributed by atoms with E-state index in [0.29, 0.717) is 16.8 Å². The van der Waals surface area contributed by atoms with Crippen LogP contribution in [0, 0.1) is 5.41 Å². The maximum Gasteiger partial charge on any atom is 0.311 e. The SMILES string of the molecule is C=C[C@]1(C)C[C@@H](CO)O[C@H]1n1c(=O)sc2cnc(N)nc21. The Bertz CT molecular complexity index is 755. The average molecular weight is 308 g/mol. The Morgan fingerprint density at radius 2 is 2.52 bits per heavy atom. The molecule has 7 nitrogen and oxygen atoms in total. The van der Waals surface area contributed by atoms with Crippen molar-refractivity contribution in [1.29, 1.82) is 0 Å². The molecule has 0 unspecified atom stereocenters. The lowest BCUT2D eigenvalue weighted by atomic mass is 9.85. The summed E-state index contributed by atoms with van der Waals surface area (Å²) in [7, 11) is 0. The largest absolute Gasteiger partial charge is 0.394 e. The second-order valence-corrected chi connectivity index (χ2v) is 6.35. The Morgan fingerprint density at radius 1 is 1.76 bits per heavy atom. The quantitative estimate of drug-likeness (QED) is 0.817. The standard InChI is InChI=1S/C13H16N4O3S/c1-3-13(2)4-7(6-18)20-10(13)17-9-8(21-12(17)19)5-15-11(14)16-9/h3,5,7,10,18H,1,4,6H2,2H3,(H2,14,15,16)/t7-,10+,13+/m0/s1. The molecule has 3 atom stereocenters. The van der Waals surface area contributed by atoms with E-state index in [-0.39, 0.29) is 23.5 Å². The van der Waals surface area contributed by atoms with Gasteiger partial charge in [-0.05, 0) is 6.42 Å². The van der Waals surface area contributed by atoms with Crippen LogP contribution in [0.5, 0.6) is 0 Å². The van der Waals surface area contributed by atoms with Crippen LogP contribution in [0.2, 0.25) is 0 Å². The first-order valence-electron chi connectivity index (χ1n) is 6.52. The number of hydrogen-bond donors (Lipinski definition) is 2. The lowest BCUT2D eigenvalue weighted by Crippen LogP contribution is -2.29. The van der Waals surface area contributed by atoms with Crippen LogP contribution in [0.1, 0.15) is 19.6 Å². The van der Waals surface area contributed by atoms with E-state index >= 15 is 0 Å². The summed E-state index contributed by atoms with van der Waals surface area (Å²) in [5, 5.41) is 9.35. The predicted molar refractivity (Wildman–Crippen MR) is 80.0 cm³/mol. The van der Waals surface area contributed by atoms with E-state index in [9.17, 15) is 9.90 Å². The Hall–Kier alpha value is -1.77. The van der Waals surface area contributed by atoms with Crippen molar-refractivity contribution in [1.82, 2.24) is 14.5 Å². The Balaban J connectivity index is 2.19. The van der Waals surface area contributed by atoms with Gasteiger partial charge in [-0.1, -0.05) is 24.3 Å². The summed E-state index contributed by atoms with van der Waals surface area (Å²) in [5.74, 6) is 0.103. The number of rotatable bonds is 3. The molecule has 1 fully saturated rings. The molecule has 0 aromatic carbocycles. The van der Waals surface area contributed by atoms with Crippen LogP contribution in [0.25, 0.3) is 10.3 Å². The molecule has 1 saturated heterocycles. The summed E-state index contributed by atoms with van der Waals surface area (Å²) in [6.07, 6.45) is 2.97. The minimum Gasteiger partial charge on any atom is -0.394 e. The average Bonchev–Trinajstić information content (AvgIpc) is 2.95. The highest BCUT2D eigenvalue weighted by molar-refractivity contribution is 7.16. The topological polar surface area (TPSA) is 103 Å². The van der Waals surface area contributed by atoms with Crippen molar-refractivity contribution < 1.29 is 9.84 Å². The molecule has 3 rings (SSSR count). The smallest absolute Gasteiger partial charge is 0.311 e. The molecule has 2 aromatic rings. The lowest BCUT2D eigenvalue weighted by molar-refractivity contribution is -0.0404. The van der Waals surface area contributed by atoms with Gasteiger partial charge in [0.25, 0.3) is 0 Å². The molecular formula is C13H16N4O3S. The minimum atomic E-state index is -0.567. The van der Waals surface area contributed by atoms with E-state index in [0.717, 1.165) is 11.3 Å². The molecule has 0 radical (unpaired) electrons. The first-order valence-corrected chi connectivity index (χ1v) is 7.33. The molecule has 1 aliphatic heterocycles. The van der Waals surface area contributed by atoms with Crippen molar-refractivity contribution >= 4 is 27.6 Å². The number of nitrogens with two attached hydrogens (primary N) is 1. The van der Waals surface area contributed by atoms with Crippen LogP contribution in [0.4, 0.5) is 5.95 Å². The van der Waals surface area contributed by atoms with Gasteiger partial charge in [0.15, 0.2) is 5.65 Å². The van der Waals surface area contributed by atoms with E-state index in [2.05, 4.69) is 16.5 Å². The van der Waals surface area contributed by atoms with Gasteiger partial charge < -0.3 is 15.6 Å². The van der Waals surface area contributed by atoms with E-state index in [1.807, 2.05) is 6.92 Å². The Kier molecular flexibility index (Phi) is 3.31. The predicted octanol–water partition coefficient (Wildman–Crippen LogP) is 0.907. The third-order valence-electron chi connectivity index (χ3n) is 3.83. The van der Waals surface area contributed by atoms with Gasteiger partial charge in [-0.2, -0.15) is 4.98 Å². The molecule has 0 aliphatic carbocycles. The molecule has 8 heteroatoms. The lowest BCUT2D eigenvalue weighted by Gasteiger charge is -2.26. The fourth-order valence-electron chi connectivity index (χ4n) is 2.68. The summed E-state index contributed by atoms with van der Waals surface area (Å²) >= 11 is 1.04. The van der Waals surface area contributed by atoms with E-state index < -0.39 is 11.6 Å². The van der Waals surface area contributed by atoms with Gasteiger partial charge in [0.05, 0.1) is 23.6 Å². The number of thiazole rings is 1. The van der Waals surface area contributed by atoms with Crippen molar-refractivity contribution in [3.8, 4) is 0 Å². The maximum absolute atomic E-state index is 12.3. The van der Waals surface area contributed by atoms with E-state index in [1.54, 1.807) is 6.08 Å². The number of nitrogens with zero attached hydrogens (tertiary/aromatic N) is 3. The third kappa shape index (κ3) is 2.15. The first kappa shape index (κ1) is 14.2. The van der Waals surface area contributed by atoms with E-state index in [1.165, 1.54) is 10.8 Å². The molecule has 0 bridgehead atoms. The molecule has 3 N–H and O–H groups in total. The fourth-order valence-corrected chi connectivity index (χ4v) is 3.49. The monoisotopic (exact) mass is 308 g/mol. The number of nitrogen functional groups attached to an aromatic ring is 1. The molecule has 0 spiro atoms. The van der Waals surface area contributed by atoms with Crippen molar-refractivity contribution in [3.05, 3.63) is 28.5 Å². The molecule has 0 amide bonds. The molecule has 112 valence electrons. The van der Waals surface area contributed by atoms with Crippen molar-refractivity contribution in [3.63, 3.8) is 0 Å². The molecule has 21 heavy (non-hydrogen) atoms. The molecule has 1 aliphatic rings. The van der Waals surface area contributed by atoms with Crippen LogP contribution < -0.4 is 10.6 Å². The van der Waals surface area contributed by atoms with Crippen LogP contribution in [-0.2, 0) is 4.74 Å². The Morgan fingerprint density at radius 3 is 3.19 bits per heavy atom. The van der Waals surface area contributed by atoms with Gasteiger partial charge in [-0.15, -0.1) is 6.58 Å². The zero-order valence-corrected chi connectivity index (χ0v) is 12.3. The maximum atomic E-state index is 12.3. The normalized spacial score (nSPS) is 29.0. The van der Waals surface area contributed by atoms with E-state index in [4.69, 9.17) is 10.5 Å². The third-order valence-corrected chi connectivity index (χ3v) is 4.71. The van der Waals surface area contributed by atoms with Crippen molar-refractivity contribution in [2.24, 2.45) is 5.41 Å². The van der Waals surface area contributed by atoms with Crippen LogP contribution >= 0.6 is 11.3 Å². The summed E-state index contributed by atoms with van der Waals surface area (Å²) in [6, 6.07) is 0.